The number of benzene rings is 2. The van der Waals surface area contributed by atoms with Crippen LogP contribution in [0.1, 0.15) is 18.4 Å². The predicted molar refractivity (Wildman–Crippen MR) is 104 cm³/mol. The number of nitrogens with one attached hydrogen (secondary N) is 1. The van der Waals surface area contributed by atoms with Gasteiger partial charge in [-0.15, -0.1) is 0 Å². The maximum absolute atomic E-state index is 12.3. The zero-order chi connectivity index (χ0) is 18.6. The number of aromatic nitrogens is 1. The van der Waals surface area contributed by atoms with Crippen LogP contribution in [0.15, 0.2) is 52.9 Å². The molecule has 1 saturated heterocycles. The molecule has 1 aliphatic heterocycles. The van der Waals surface area contributed by atoms with Gasteiger partial charge in [-0.25, -0.2) is 0 Å². The molecule has 6 nitrogen and oxygen atoms in total. The molecule has 1 fully saturated rings. The van der Waals surface area contributed by atoms with Crippen molar-refractivity contribution >= 4 is 23.0 Å². The lowest BCUT2D eigenvalue weighted by Crippen LogP contribution is -2.40. The molecular weight excluding hydrogens is 342 g/mol. The van der Waals surface area contributed by atoms with Gasteiger partial charge in [-0.05, 0) is 42.7 Å². The standard InChI is InChI=1S/C21H23N3O3/c1-26-17-10-8-15(9-11-17)13-20(25)22-14-16-5-4-12-24(16)21-23-18-6-2-3-7-19(18)27-21/h2-3,6-11,16H,4-5,12-14H2,1H3,(H,22,25). The van der Waals surface area contributed by atoms with Crippen molar-refractivity contribution in [3.05, 3.63) is 54.1 Å². The number of carbonyl (C=O) groups excluding carboxylic acids is 1. The van der Waals surface area contributed by atoms with Gasteiger partial charge in [-0.2, -0.15) is 4.98 Å². The van der Waals surface area contributed by atoms with Crippen LogP contribution in [0.25, 0.3) is 11.1 Å². The van der Waals surface area contributed by atoms with Gasteiger partial charge in [-0.3, -0.25) is 4.79 Å². The molecule has 0 saturated carbocycles. The maximum Gasteiger partial charge on any atom is 0.298 e. The second-order valence-electron chi connectivity index (χ2n) is 6.78. The summed E-state index contributed by atoms with van der Waals surface area (Å²) in [4.78, 5) is 19.1. The van der Waals surface area contributed by atoms with Crippen molar-refractivity contribution in [2.24, 2.45) is 0 Å². The normalized spacial score (nSPS) is 16.6. The quantitative estimate of drug-likeness (QED) is 0.727. The number of methoxy groups -OCH3 is 1. The highest BCUT2D eigenvalue weighted by molar-refractivity contribution is 5.78. The van der Waals surface area contributed by atoms with Crippen molar-refractivity contribution in [1.82, 2.24) is 10.3 Å². The molecule has 1 aliphatic rings. The first-order valence-corrected chi connectivity index (χ1v) is 9.25. The third-order valence-electron chi connectivity index (χ3n) is 4.96. The van der Waals surface area contributed by atoms with Crippen molar-refractivity contribution < 1.29 is 13.9 Å². The van der Waals surface area contributed by atoms with Gasteiger partial charge >= 0.3 is 0 Å². The molecule has 1 N–H and O–H groups in total. The van der Waals surface area contributed by atoms with Crippen LogP contribution >= 0.6 is 0 Å². The smallest absolute Gasteiger partial charge is 0.298 e. The van der Waals surface area contributed by atoms with Gasteiger partial charge < -0.3 is 19.4 Å². The van der Waals surface area contributed by atoms with Crippen LogP contribution < -0.4 is 15.0 Å². The molecule has 6 heteroatoms. The summed E-state index contributed by atoms with van der Waals surface area (Å²) in [5, 5.41) is 3.05. The van der Waals surface area contributed by atoms with E-state index in [-0.39, 0.29) is 11.9 Å². The lowest BCUT2D eigenvalue weighted by atomic mass is 10.1. The fourth-order valence-corrected chi connectivity index (χ4v) is 3.51. The summed E-state index contributed by atoms with van der Waals surface area (Å²) >= 11 is 0. The molecule has 2 heterocycles. The average molecular weight is 365 g/mol. The summed E-state index contributed by atoms with van der Waals surface area (Å²) in [5.41, 5.74) is 2.62. The van der Waals surface area contributed by atoms with Crippen LogP contribution in [-0.4, -0.2) is 37.1 Å². The number of hydrogen-bond acceptors (Lipinski definition) is 5. The van der Waals surface area contributed by atoms with E-state index in [1.807, 2.05) is 48.5 Å². The van der Waals surface area contributed by atoms with Crippen molar-refractivity contribution in [3.8, 4) is 5.75 Å². The summed E-state index contributed by atoms with van der Waals surface area (Å²) in [5.74, 6) is 0.809. The Balaban J connectivity index is 1.35. The van der Waals surface area contributed by atoms with E-state index in [4.69, 9.17) is 9.15 Å². The van der Waals surface area contributed by atoms with Crippen LogP contribution in [-0.2, 0) is 11.2 Å². The van der Waals surface area contributed by atoms with Gasteiger partial charge in [0.05, 0.1) is 19.6 Å². The van der Waals surface area contributed by atoms with Gasteiger partial charge in [0.2, 0.25) is 5.91 Å². The van der Waals surface area contributed by atoms with Crippen molar-refractivity contribution in [2.75, 3.05) is 25.1 Å². The Morgan fingerprint density at radius 1 is 1.26 bits per heavy atom. The lowest BCUT2D eigenvalue weighted by molar-refractivity contribution is -0.120. The van der Waals surface area contributed by atoms with Crippen LogP contribution in [0.4, 0.5) is 6.01 Å². The molecule has 2 aromatic carbocycles. The number of fused-ring (bicyclic) bond motifs is 1. The molecule has 1 atom stereocenters. The van der Waals surface area contributed by atoms with Gasteiger partial charge in [-0.1, -0.05) is 24.3 Å². The van der Waals surface area contributed by atoms with E-state index in [2.05, 4.69) is 15.2 Å². The highest BCUT2D eigenvalue weighted by Crippen LogP contribution is 2.28. The average Bonchev–Trinajstić information content (AvgIpc) is 3.33. The van der Waals surface area contributed by atoms with E-state index in [1.54, 1.807) is 7.11 Å². The Morgan fingerprint density at radius 3 is 2.85 bits per heavy atom. The molecule has 1 aromatic heterocycles. The topological polar surface area (TPSA) is 67.6 Å². The number of ether oxygens (including phenoxy) is 1. The Morgan fingerprint density at radius 2 is 2.07 bits per heavy atom. The zero-order valence-corrected chi connectivity index (χ0v) is 15.4. The third-order valence-corrected chi connectivity index (χ3v) is 4.96. The summed E-state index contributed by atoms with van der Waals surface area (Å²) < 4.78 is 11.0. The number of para-hydroxylation sites is 2. The second kappa shape index (κ2) is 7.70. The first kappa shape index (κ1) is 17.4. The number of nitrogens with zero attached hydrogens (tertiary/aromatic N) is 2. The van der Waals surface area contributed by atoms with Crippen LogP contribution in [0, 0.1) is 0 Å². The molecule has 27 heavy (non-hydrogen) atoms. The van der Waals surface area contributed by atoms with Crippen molar-refractivity contribution in [2.45, 2.75) is 25.3 Å². The second-order valence-corrected chi connectivity index (χ2v) is 6.78. The molecule has 1 unspecified atom stereocenters. The molecule has 4 rings (SSSR count). The summed E-state index contributed by atoms with van der Waals surface area (Å²) in [6, 6.07) is 16.2. The van der Waals surface area contributed by atoms with Crippen LogP contribution in [0.2, 0.25) is 0 Å². The molecule has 0 bridgehead atoms. The Kier molecular flexibility index (Phi) is 4.96. The minimum absolute atomic E-state index is 0.0181. The third kappa shape index (κ3) is 3.89. The van der Waals surface area contributed by atoms with Crippen LogP contribution in [0.3, 0.4) is 0 Å². The maximum atomic E-state index is 12.3. The van der Waals surface area contributed by atoms with Gasteiger partial charge in [0.1, 0.15) is 11.3 Å². The number of amides is 1. The summed E-state index contributed by atoms with van der Waals surface area (Å²) in [6.45, 7) is 1.49. The number of oxazole rings is 1. The number of carbonyl (C=O) groups is 1. The SMILES string of the molecule is COc1ccc(CC(=O)NCC2CCCN2c2nc3ccccc3o2)cc1. The molecule has 0 radical (unpaired) electrons. The number of rotatable bonds is 6. The Hall–Kier alpha value is -3.02. The highest BCUT2D eigenvalue weighted by atomic mass is 16.5. The molecule has 1 amide bonds. The van der Waals surface area contributed by atoms with E-state index < -0.39 is 0 Å². The molecule has 0 spiro atoms. The van der Waals surface area contributed by atoms with Crippen molar-refractivity contribution in [1.29, 1.82) is 0 Å². The van der Waals surface area contributed by atoms with E-state index in [9.17, 15) is 4.79 Å². The van der Waals surface area contributed by atoms with E-state index in [0.717, 1.165) is 41.8 Å². The number of anilines is 1. The van der Waals surface area contributed by atoms with E-state index in [0.29, 0.717) is 19.0 Å². The highest BCUT2D eigenvalue weighted by Gasteiger charge is 2.28. The molecule has 140 valence electrons. The minimum atomic E-state index is 0.0181. The summed E-state index contributed by atoms with van der Waals surface area (Å²) in [7, 11) is 1.63. The monoisotopic (exact) mass is 365 g/mol. The molecule has 3 aromatic rings. The minimum Gasteiger partial charge on any atom is -0.497 e. The van der Waals surface area contributed by atoms with E-state index in [1.165, 1.54) is 0 Å². The Labute approximate surface area is 158 Å². The van der Waals surface area contributed by atoms with Gasteiger partial charge in [0.25, 0.3) is 6.01 Å². The predicted octanol–water partition coefficient (Wildman–Crippen LogP) is 3.16. The summed E-state index contributed by atoms with van der Waals surface area (Å²) in [6.07, 6.45) is 2.44. The van der Waals surface area contributed by atoms with E-state index >= 15 is 0 Å². The lowest BCUT2D eigenvalue weighted by Gasteiger charge is -2.23. The molecule has 0 aliphatic carbocycles. The van der Waals surface area contributed by atoms with Gasteiger partial charge in [0.15, 0.2) is 5.58 Å². The first-order valence-electron chi connectivity index (χ1n) is 9.25. The molecular formula is C21H23N3O3. The number of hydrogen-bond donors (Lipinski definition) is 1. The fraction of sp³-hybridized carbons (Fsp3) is 0.333. The largest absolute Gasteiger partial charge is 0.497 e. The van der Waals surface area contributed by atoms with Crippen molar-refractivity contribution in [3.63, 3.8) is 0 Å². The Bertz CT molecular complexity index is 887. The van der Waals surface area contributed by atoms with Crippen LogP contribution in [0.5, 0.6) is 5.75 Å². The fourth-order valence-electron chi connectivity index (χ4n) is 3.51. The zero-order valence-electron chi connectivity index (χ0n) is 15.4. The first-order chi connectivity index (χ1) is 13.2. The van der Waals surface area contributed by atoms with Gasteiger partial charge in [0, 0.05) is 13.1 Å².